The van der Waals surface area contributed by atoms with E-state index < -0.39 is 0 Å². The quantitative estimate of drug-likeness (QED) is 0.813. The van der Waals surface area contributed by atoms with Crippen LogP contribution in [0, 0.1) is 0 Å². The Morgan fingerprint density at radius 1 is 0.929 bits per heavy atom. The van der Waals surface area contributed by atoms with Crippen LogP contribution in [0.4, 0.5) is 5.69 Å². The van der Waals surface area contributed by atoms with Crippen molar-refractivity contribution in [2.45, 2.75) is 0 Å². The van der Waals surface area contributed by atoms with Gasteiger partial charge in [0.25, 0.3) is 11.8 Å². The van der Waals surface area contributed by atoms with E-state index in [0.717, 1.165) is 6.41 Å². The summed E-state index contributed by atoms with van der Waals surface area (Å²) in [6, 6.07) is 11.8. The lowest BCUT2D eigenvalue weighted by molar-refractivity contribution is -0.119. The molecule has 2 aliphatic rings. The third-order valence-electron chi connectivity index (χ3n) is 4.75. The third kappa shape index (κ3) is 3.62. The van der Waals surface area contributed by atoms with Crippen molar-refractivity contribution in [1.82, 2.24) is 9.80 Å². The van der Waals surface area contributed by atoms with Gasteiger partial charge in [-0.15, -0.1) is 0 Å². The molecule has 0 saturated carbocycles. The smallest absolute Gasteiger partial charge is 0.255 e. The number of hydrogen-bond acceptors (Lipinski definition) is 5. The van der Waals surface area contributed by atoms with Crippen LogP contribution in [0.15, 0.2) is 42.5 Å². The van der Waals surface area contributed by atoms with Gasteiger partial charge >= 0.3 is 0 Å². The highest BCUT2D eigenvalue weighted by molar-refractivity contribution is 6.06. The Balaban J connectivity index is 1.45. The van der Waals surface area contributed by atoms with Crippen LogP contribution in [0.1, 0.15) is 20.7 Å². The zero-order valence-electron chi connectivity index (χ0n) is 15.1. The number of carbonyl (C=O) groups is 3. The molecule has 3 amide bonds. The maximum atomic E-state index is 12.7. The molecule has 2 heterocycles. The summed E-state index contributed by atoms with van der Waals surface area (Å²) >= 11 is 0. The van der Waals surface area contributed by atoms with Crippen molar-refractivity contribution in [2.75, 3.05) is 38.3 Å². The molecule has 0 atom stereocenters. The number of nitrogens with zero attached hydrogens (tertiary/aromatic N) is 2. The van der Waals surface area contributed by atoms with Gasteiger partial charge in [0.05, 0.1) is 0 Å². The first-order chi connectivity index (χ1) is 13.6. The molecule has 8 heteroatoms. The summed E-state index contributed by atoms with van der Waals surface area (Å²) in [5.74, 6) is 0.749. The van der Waals surface area contributed by atoms with Crippen LogP contribution in [-0.2, 0) is 4.79 Å². The fraction of sp³-hybridized carbons (Fsp3) is 0.250. The Labute approximate surface area is 161 Å². The number of ether oxygens (including phenoxy) is 2. The van der Waals surface area contributed by atoms with Crippen molar-refractivity contribution in [3.63, 3.8) is 0 Å². The SMILES string of the molecule is O=CN1CCN(C(=O)c2cccc(C(=O)Nc3ccc4c(c3)OCO4)c2)CC1. The predicted octanol–water partition coefficient (Wildman–Crippen LogP) is 1.58. The number of nitrogens with one attached hydrogen (secondary N) is 1. The second-order valence-electron chi connectivity index (χ2n) is 6.54. The predicted molar refractivity (Wildman–Crippen MR) is 101 cm³/mol. The van der Waals surface area contributed by atoms with Gasteiger partial charge in [-0.25, -0.2) is 0 Å². The van der Waals surface area contributed by atoms with Gasteiger partial charge in [0.2, 0.25) is 13.2 Å². The van der Waals surface area contributed by atoms with E-state index in [9.17, 15) is 14.4 Å². The van der Waals surface area contributed by atoms with Gasteiger partial charge in [-0.3, -0.25) is 14.4 Å². The third-order valence-corrected chi connectivity index (χ3v) is 4.75. The largest absolute Gasteiger partial charge is 0.454 e. The van der Waals surface area contributed by atoms with E-state index in [1.54, 1.807) is 52.3 Å². The molecule has 0 unspecified atom stereocenters. The molecule has 2 aromatic rings. The minimum Gasteiger partial charge on any atom is -0.454 e. The molecule has 0 aliphatic carbocycles. The molecular formula is C20H19N3O5. The highest BCUT2D eigenvalue weighted by Crippen LogP contribution is 2.34. The maximum absolute atomic E-state index is 12.7. The van der Waals surface area contributed by atoms with Crippen molar-refractivity contribution in [3.05, 3.63) is 53.6 Å². The van der Waals surface area contributed by atoms with E-state index in [1.165, 1.54) is 0 Å². The summed E-state index contributed by atoms with van der Waals surface area (Å²) in [7, 11) is 0. The molecule has 8 nitrogen and oxygen atoms in total. The van der Waals surface area contributed by atoms with Crippen LogP contribution >= 0.6 is 0 Å². The van der Waals surface area contributed by atoms with E-state index >= 15 is 0 Å². The second kappa shape index (κ2) is 7.59. The summed E-state index contributed by atoms with van der Waals surface area (Å²) in [5, 5.41) is 2.80. The molecule has 0 bridgehead atoms. The molecule has 0 radical (unpaired) electrons. The molecule has 2 aliphatic heterocycles. The number of benzene rings is 2. The highest BCUT2D eigenvalue weighted by atomic mass is 16.7. The lowest BCUT2D eigenvalue weighted by Gasteiger charge is -2.32. The van der Waals surface area contributed by atoms with E-state index in [2.05, 4.69) is 5.32 Å². The Morgan fingerprint density at radius 2 is 1.68 bits per heavy atom. The summed E-state index contributed by atoms with van der Waals surface area (Å²) in [6.07, 6.45) is 0.795. The molecule has 4 rings (SSSR count). The van der Waals surface area contributed by atoms with Crippen molar-refractivity contribution in [2.24, 2.45) is 0 Å². The second-order valence-corrected chi connectivity index (χ2v) is 6.54. The number of carbonyl (C=O) groups excluding carboxylic acids is 3. The van der Waals surface area contributed by atoms with Crippen LogP contribution < -0.4 is 14.8 Å². The van der Waals surface area contributed by atoms with Crippen molar-refractivity contribution < 1.29 is 23.9 Å². The number of anilines is 1. The van der Waals surface area contributed by atoms with Gasteiger partial charge < -0.3 is 24.6 Å². The maximum Gasteiger partial charge on any atom is 0.255 e. The van der Waals surface area contributed by atoms with E-state index in [-0.39, 0.29) is 18.6 Å². The Hall–Kier alpha value is -3.55. The van der Waals surface area contributed by atoms with E-state index in [1.807, 2.05) is 0 Å². The summed E-state index contributed by atoms with van der Waals surface area (Å²) in [4.78, 5) is 39.4. The molecule has 2 aromatic carbocycles. The molecule has 1 fully saturated rings. The fourth-order valence-electron chi connectivity index (χ4n) is 3.18. The Kier molecular flexibility index (Phi) is 4.84. The molecule has 1 N–H and O–H groups in total. The number of piperazine rings is 1. The van der Waals surface area contributed by atoms with E-state index in [4.69, 9.17) is 9.47 Å². The summed E-state index contributed by atoms with van der Waals surface area (Å²) in [6.45, 7) is 2.15. The molecule has 0 spiro atoms. The number of fused-ring (bicyclic) bond motifs is 1. The van der Waals surface area contributed by atoms with Crippen LogP contribution in [0.25, 0.3) is 0 Å². The van der Waals surface area contributed by atoms with Crippen molar-refractivity contribution in [3.8, 4) is 11.5 Å². The highest BCUT2D eigenvalue weighted by Gasteiger charge is 2.22. The topological polar surface area (TPSA) is 88.2 Å². The first kappa shape index (κ1) is 17.8. The lowest BCUT2D eigenvalue weighted by Crippen LogP contribution is -2.48. The van der Waals surface area contributed by atoms with Gasteiger partial charge in [-0.1, -0.05) is 6.07 Å². The van der Waals surface area contributed by atoms with Crippen molar-refractivity contribution >= 4 is 23.9 Å². The lowest BCUT2D eigenvalue weighted by atomic mass is 10.1. The molecule has 144 valence electrons. The average molecular weight is 381 g/mol. The average Bonchev–Trinajstić information content (AvgIpc) is 3.21. The van der Waals surface area contributed by atoms with Gasteiger partial charge in [0.15, 0.2) is 11.5 Å². The Bertz CT molecular complexity index is 922. The van der Waals surface area contributed by atoms with Crippen LogP contribution in [-0.4, -0.2) is 61.0 Å². The summed E-state index contributed by atoms with van der Waals surface area (Å²) < 4.78 is 10.6. The first-order valence-electron chi connectivity index (χ1n) is 8.94. The molecular weight excluding hydrogens is 362 g/mol. The molecule has 28 heavy (non-hydrogen) atoms. The van der Waals surface area contributed by atoms with Crippen LogP contribution in [0.5, 0.6) is 11.5 Å². The zero-order chi connectivity index (χ0) is 19.5. The van der Waals surface area contributed by atoms with Crippen LogP contribution in [0.2, 0.25) is 0 Å². The van der Waals surface area contributed by atoms with Crippen molar-refractivity contribution in [1.29, 1.82) is 0 Å². The fourth-order valence-corrected chi connectivity index (χ4v) is 3.18. The normalized spacial score (nSPS) is 15.3. The number of rotatable bonds is 4. The number of hydrogen-bond donors (Lipinski definition) is 1. The minimum atomic E-state index is -0.320. The Morgan fingerprint density at radius 3 is 2.46 bits per heavy atom. The van der Waals surface area contributed by atoms with Gasteiger partial charge in [-0.2, -0.15) is 0 Å². The van der Waals surface area contributed by atoms with Gasteiger partial charge in [0.1, 0.15) is 0 Å². The standard InChI is InChI=1S/C20H19N3O5/c24-12-22-6-8-23(9-7-22)20(26)15-3-1-2-14(10-15)19(25)21-16-4-5-17-18(11-16)28-13-27-17/h1-5,10-12H,6-9,13H2,(H,21,25). The monoisotopic (exact) mass is 381 g/mol. The van der Waals surface area contributed by atoms with E-state index in [0.29, 0.717) is 54.5 Å². The zero-order valence-corrected chi connectivity index (χ0v) is 15.1. The van der Waals surface area contributed by atoms with Crippen LogP contribution in [0.3, 0.4) is 0 Å². The molecule has 1 saturated heterocycles. The molecule has 0 aromatic heterocycles. The summed E-state index contributed by atoms with van der Waals surface area (Å²) in [5.41, 5.74) is 1.41. The number of amides is 3. The minimum absolute atomic E-state index is 0.150. The van der Waals surface area contributed by atoms with Gasteiger partial charge in [0, 0.05) is 49.1 Å². The first-order valence-corrected chi connectivity index (χ1v) is 8.94. The van der Waals surface area contributed by atoms with Gasteiger partial charge in [-0.05, 0) is 30.3 Å².